The van der Waals surface area contributed by atoms with E-state index in [9.17, 15) is 0 Å². The number of hydrogen-bond donors (Lipinski definition) is 0. The predicted octanol–water partition coefficient (Wildman–Crippen LogP) is -0.0494. The van der Waals surface area contributed by atoms with Crippen LogP contribution < -0.4 is 18.6 Å². The molecular formula is C24H21ClN2O5. The number of benzene rings is 2. The lowest BCUT2D eigenvalue weighted by Gasteiger charge is -2.19. The number of halogens is 1. The molecule has 0 saturated carbocycles. The second-order valence-corrected chi connectivity index (χ2v) is 7.74. The first kappa shape index (κ1) is 23.3. The Kier molecular flexibility index (Phi) is 7.53. The van der Waals surface area contributed by atoms with Gasteiger partial charge < -0.3 is 4.74 Å². The molecule has 0 radical (unpaired) electrons. The van der Waals surface area contributed by atoms with Crippen LogP contribution in [0.25, 0.3) is 11.5 Å². The molecule has 32 heavy (non-hydrogen) atoms. The summed E-state index contributed by atoms with van der Waals surface area (Å²) >= 11 is 0. The summed E-state index contributed by atoms with van der Waals surface area (Å²) in [4.78, 5) is 4.55. The average Bonchev–Trinajstić information content (AvgIpc) is 2.79. The van der Waals surface area contributed by atoms with E-state index in [1.807, 2.05) is 67.4 Å². The van der Waals surface area contributed by atoms with Crippen LogP contribution in [0.4, 0.5) is 0 Å². The number of amidine groups is 1. The molecular weight excluding hydrogens is 432 g/mol. The van der Waals surface area contributed by atoms with E-state index in [1.54, 1.807) is 0 Å². The summed E-state index contributed by atoms with van der Waals surface area (Å²) in [6.45, 7) is 0. The fourth-order valence-corrected chi connectivity index (χ4v) is 2.98. The lowest BCUT2D eigenvalue weighted by Crippen LogP contribution is -2.68. The van der Waals surface area contributed by atoms with Gasteiger partial charge in [0.25, 0.3) is 0 Å². The highest BCUT2D eigenvalue weighted by atomic mass is 35.7. The van der Waals surface area contributed by atoms with Crippen LogP contribution in [-0.2, 0) is 4.74 Å². The third-order valence-corrected chi connectivity index (χ3v) is 4.45. The second-order valence-electron chi connectivity index (χ2n) is 6.98. The van der Waals surface area contributed by atoms with Crippen molar-refractivity contribution in [3.05, 3.63) is 107 Å². The lowest BCUT2D eigenvalue weighted by molar-refractivity contribution is -2.00. The zero-order valence-corrected chi connectivity index (χ0v) is 18.2. The minimum atomic E-state index is -4.94. The molecule has 0 aliphatic carbocycles. The number of allylic oxidation sites excluding steroid dienone is 5. The van der Waals surface area contributed by atoms with Gasteiger partial charge in [-0.25, -0.2) is 18.6 Å². The van der Waals surface area contributed by atoms with E-state index in [0.29, 0.717) is 0 Å². The Morgan fingerprint density at radius 2 is 1.19 bits per heavy atom. The standard InChI is InChI=1S/C24H21N2O.ClHO4/c1-26(2)24-14-13-20(17-25-24)21-15-22(18-9-5-3-6-10-18)27-23(16-21)19-11-7-4-8-12-19;2-1(3,4)5/h3-17H,1-2H3;(H,2,3,4,5)/q+1;/p-1. The van der Waals surface area contributed by atoms with Crippen LogP contribution in [-0.4, -0.2) is 30.7 Å². The average molecular weight is 453 g/mol. The molecule has 0 bridgehead atoms. The number of nitrogens with zero attached hydrogens (tertiary/aromatic N) is 2. The van der Waals surface area contributed by atoms with Gasteiger partial charge in [-0.05, 0) is 28.8 Å². The fraction of sp³-hybridized carbons (Fsp3) is 0.0833. The van der Waals surface area contributed by atoms with E-state index < -0.39 is 10.2 Å². The van der Waals surface area contributed by atoms with E-state index in [1.165, 1.54) is 0 Å². The van der Waals surface area contributed by atoms with Gasteiger partial charge in [0.15, 0.2) is 0 Å². The van der Waals surface area contributed by atoms with Crippen LogP contribution in [0.2, 0.25) is 0 Å². The van der Waals surface area contributed by atoms with E-state index in [-0.39, 0.29) is 0 Å². The van der Waals surface area contributed by atoms with Crippen molar-refractivity contribution in [1.29, 1.82) is 0 Å². The summed E-state index contributed by atoms with van der Waals surface area (Å²) in [6, 6.07) is 20.3. The molecule has 0 amide bonds. The number of aliphatic imine (C=N–C) groups is 1. The SMILES string of the molecule is C[N+](C)=C1C=CC(=C2C=C(c3ccccc3)OC(c3ccccc3)=C2)C=N1.[O-][Cl+3]([O-])([O-])[O-]. The Bertz CT molecular complexity index is 1060. The molecule has 2 aliphatic heterocycles. The number of ether oxygens (including phenoxy) is 1. The summed E-state index contributed by atoms with van der Waals surface area (Å²) in [7, 11) is -0.963. The molecule has 2 aliphatic rings. The molecule has 0 spiro atoms. The van der Waals surface area contributed by atoms with E-state index in [0.717, 1.165) is 39.6 Å². The quantitative estimate of drug-likeness (QED) is 0.592. The van der Waals surface area contributed by atoms with Gasteiger partial charge in [-0.15, -0.1) is 10.2 Å². The molecule has 0 unspecified atom stereocenters. The van der Waals surface area contributed by atoms with E-state index >= 15 is 0 Å². The van der Waals surface area contributed by atoms with Crippen molar-refractivity contribution >= 4 is 23.6 Å². The highest BCUT2D eigenvalue weighted by Crippen LogP contribution is 2.33. The molecule has 0 aromatic heterocycles. The monoisotopic (exact) mass is 452 g/mol. The maximum Gasteiger partial charge on any atom is 0.317 e. The third kappa shape index (κ3) is 6.84. The van der Waals surface area contributed by atoms with Crippen molar-refractivity contribution in [3.63, 3.8) is 0 Å². The molecule has 8 heteroatoms. The summed E-state index contributed by atoms with van der Waals surface area (Å²) < 4.78 is 42.2. The summed E-state index contributed by atoms with van der Waals surface area (Å²) in [5, 5.41) is 0. The molecule has 2 aromatic carbocycles. The van der Waals surface area contributed by atoms with Crippen molar-refractivity contribution in [3.8, 4) is 0 Å². The van der Waals surface area contributed by atoms with Gasteiger partial charge in [0.05, 0.1) is 14.1 Å². The predicted molar refractivity (Wildman–Crippen MR) is 112 cm³/mol. The first-order valence-electron chi connectivity index (χ1n) is 9.55. The van der Waals surface area contributed by atoms with Crippen LogP contribution in [0, 0.1) is 10.2 Å². The highest BCUT2D eigenvalue weighted by Gasteiger charge is 2.18. The molecule has 7 nitrogen and oxygen atoms in total. The Hall–Kier alpha value is -3.33. The molecule has 2 aromatic rings. The Morgan fingerprint density at radius 1 is 0.719 bits per heavy atom. The summed E-state index contributed by atoms with van der Waals surface area (Å²) in [5.74, 6) is 2.61. The Labute approximate surface area is 188 Å². The van der Waals surface area contributed by atoms with Crippen LogP contribution in [0.3, 0.4) is 0 Å². The zero-order chi connectivity index (χ0) is 23.1. The largest absolute Gasteiger partial charge is 0.456 e. The van der Waals surface area contributed by atoms with E-state index in [4.69, 9.17) is 23.4 Å². The van der Waals surface area contributed by atoms with Crippen molar-refractivity contribution in [2.24, 2.45) is 4.99 Å². The van der Waals surface area contributed by atoms with Gasteiger partial charge >= 0.3 is 5.84 Å². The normalized spacial score (nSPS) is 15.4. The minimum Gasteiger partial charge on any atom is -0.456 e. The van der Waals surface area contributed by atoms with Crippen LogP contribution in [0.15, 0.2) is 101 Å². The maximum atomic E-state index is 8.49. The van der Waals surface area contributed by atoms with Crippen molar-refractivity contribution in [1.82, 2.24) is 0 Å². The van der Waals surface area contributed by atoms with Gasteiger partial charge in [-0.2, -0.15) is 0 Å². The summed E-state index contributed by atoms with van der Waals surface area (Å²) in [5.41, 5.74) is 4.24. The van der Waals surface area contributed by atoms with Crippen molar-refractivity contribution < 1.29 is 38.2 Å². The minimum absolute atomic E-state index is 0.837. The number of hydrogen-bond acceptors (Lipinski definition) is 5. The van der Waals surface area contributed by atoms with Gasteiger partial charge in [0.1, 0.15) is 17.7 Å². The van der Waals surface area contributed by atoms with Gasteiger partial charge in [-0.1, -0.05) is 60.7 Å². The molecule has 0 saturated heterocycles. The first-order chi connectivity index (χ1) is 15.2. The van der Waals surface area contributed by atoms with Gasteiger partial charge in [0, 0.05) is 22.8 Å². The van der Waals surface area contributed by atoms with E-state index in [2.05, 4.69) is 47.5 Å². The molecule has 0 atom stereocenters. The highest BCUT2D eigenvalue weighted by molar-refractivity contribution is 6.04. The molecule has 0 N–H and O–H groups in total. The van der Waals surface area contributed by atoms with Crippen molar-refractivity contribution in [2.45, 2.75) is 0 Å². The van der Waals surface area contributed by atoms with Crippen LogP contribution >= 0.6 is 0 Å². The molecule has 2 heterocycles. The molecule has 164 valence electrons. The van der Waals surface area contributed by atoms with Gasteiger partial charge in [-0.3, -0.25) is 4.58 Å². The summed E-state index contributed by atoms with van der Waals surface area (Å²) in [6.07, 6.45) is 10.2. The molecule has 0 fully saturated rings. The van der Waals surface area contributed by atoms with Gasteiger partial charge in [0.2, 0.25) is 0 Å². The first-order valence-corrected chi connectivity index (χ1v) is 10.8. The topological polar surface area (TPSA) is 117 Å². The van der Waals surface area contributed by atoms with Crippen LogP contribution in [0.5, 0.6) is 0 Å². The Balaban J connectivity index is 0.000000523. The fourth-order valence-electron chi connectivity index (χ4n) is 2.98. The number of dihydropyridines is 1. The maximum absolute atomic E-state index is 8.49. The van der Waals surface area contributed by atoms with Crippen molar-refractivity contribution in [2.75, 3.05) is 14.1 Å². The zero-order valence-electron chi connectivity index (χ0n) is 17.5. The lowest BCUT2D eigenvalue weighted by atomic mass is 9.99. The molecule has 4 rings (SSSR count). The third-order valence-electron chi connectivity index (χ3n) is 4.45. The number of rotatable bonds is 2. The smallest absolute Gasteiger partial charge is 0.317 e. The van der Waals surface area contributed by atoms with Crippen LogP contribution in [0.1, 0.15) is 11.1 Å². The Morgan fingerprint density at radius 3 is 1.56 bits per heavy atom. The second kappa shape index (κ2) is 10.3.